The number of anilines is 1. The minimum absolute atomic E-state index is 0.206. The fourth-order valence-electron chi connectivity index (χ4n) is 4.16. The van der Waals surface area contributed by atoms with Crippen molar-refractivity contribution in [3.8, 4) is 11.1 Å². The number of amides is 2. The molecule has 0 radical (unpaired) electrons. The highest BCUT2D eigenvalue weighted by Crippen LogP contribution is 2.32. The maximum Gasteiger partial charge on any atom is 0.326 e. The van der Waals surface area contributed by atoms with Crippen LogP contribution in [0.2, 0.25) is 10.0 Å². The van der Waals surface area contributed by atoms with E-state index in [1.54, 1.807) is 50.2 Å². The van der Waals surface area contributed by atoms with E-state index in [4.69, 9.17) is 23.2 Å². The Morgan fingerprint density at radius 2 is 1.59 bits per heavy atom. The monoisotopic (exact) mass is 496 g/mol. The summed E-state index contributed by atoms with van der Waals surface area (Å²) < 4.78 is 0. The van der Waals surface area contributed by atoms with Crippen LogP contribution in [-0.4, -0.2) is 33.8 Å². The first-order chi connectivity index (χ1) is 16.2. The molecule has 1 aliphatic rings. The van der Waals surface area contributed by atoms with Crippen LogP contribution in [-0.2, 0) is 11.3 Å². The van der Waals surface area contributed by atoms with E-state index in [2.05, 4.69) is 5.32 Å². The summed E-state index contributed by atoms with van der Waals surface area (Å²) in [6.07, 6.45) is 0. The molecule has 1 unspecified atom stereocenters. The lowest BCUT2D eigenvalue weighted by Gasteiger charge is -2.27. The van der Waals surface area contributed by atoms with Crippen LogP contribution in [0.1, 0.15) is 40.1 Å². The molecule has 1 atom stereocenters. The number of nitrogens with one attached hydrogen (secondary N) is 1. The minimum Gasteiger partial charge on any atom is -0.480 e. The first-order valence-electron chi connectivity index (χ1n) is 10.7. The first-order valence-corrected chi connectivity index (χ1v) is 11.5. The van der Waals surface area contributed by atoms with Gasteiger partial charge in [-0.1, -0.05) is 67.4 Å². The molecule has 2 N–H and O–H groups in total. The zero-order valence-electron chi connectivity index (χ0n) is 18.5. The van der Waals surface area contributed by atoms with Crippen LogP contribution < -0.4 is 5.32 Å². The largest absolute Gasteiger partial charge is 0.480 e. The van der Waals surface area contributed by atoms with Crippen LogP contribution in [0.3, 0.4) is 0 Å². The van der Waals surface area contributed by atoms with Crippen LogP contribution in [0.25, 0.3) is 11.1 Å². The lowest BCUT2D eigenvalue weighted by Crippen LogP contribution is -2.44. The number of carbonyl (C=O) groups excluding carboxylic acids is 2. The highest BCUT2D eigenvalue weighted by molar-refractivity contribution is 6.40. The maximum absolute atomic E-state index is 13.0. The average molecular weight is 497 g/mol. The highest BCUT2D eigenvalue weighted by Gasteiger charge is 2.38. The number of nitrogens with zero attached hydrogens (tertiary/aromatic N) is 1. The van der Waals surface area contributed by atoms with Crippen LogP contribution in [0.15, 0.2) is 60.7 Å². The number of carboxylic acid groups (broad SMARTS) is 1. The van der Waals surface area contributed by atoms with Crippen molar-refractivity contribution < 1.29 is 19.5 Å². The van der Waals surface area contributed by atoms with Crippen LogP contribution in [0.5, 0.6) is 0 Å². The molecule has 6 nitrogen and oxygen atoms in total. The second-order valence-electron chi connectivity index (χ2n) is 8.46. The van der Waals surface area contributed by atoms with Gasteiger partial charge in [0.25, 0.3) is 11.8 Å². The zero-order chi connectivity index (χ0) is 24.6. The standard InChI is InChI=1S/C26H22Cl2N2O4/c1-14(2)23(26(33)34)30-13-17-7-6-16(12-19(17)25(30)32)15-8-10-18(11-9-15)29-24(31)22-20(27)4-3-5-21(22)28/h3-12,14,23H,13H2,1-2H3,(H,29,31)(H,33,34). The molecule has 0 aromatic heterocycles. The van der Waals surface area contributed by atoms with Crippen LogP contribution >= 0.6 is 23.2 Å². The fraction of sp³-hybridized carbons (Fsp3) is 0.192. The van der Waals surface area contributed by atoms with Gasteiger partial charge in [-0.15, -0.1) is 0 Å². The summed E-state index contributed by atoms with van der Waals surface area (Å²) in [6, 6.07) is 16.7. The maximum atomic E-state index is 13.0. The summed E-state index contributed by atoms with van der Waals surface area (Å²) >= 11 is 12.2. The number of hydrogen-bond acceptors (Lipinski definition) is 3. The molecular formula is C26H22Cl2N2O4. The van der Waals surface area contributed by atoms with Crippen molar-refractivity contribution in [1.82, 2.24) is 4.90 Å². The molecule has 0 bridgehead atoms. The Balaban J connectivity index is 1.54. The van der Waals surface area contributed by atoms with Crippen LogP contribution in [0.4, 0.5) is 5.69 Å². The lowest BCUT2D eigenvalue weighted by molar-refractivity contribution is -0.144. The summed E-state index contributed by atoms with van der Waals surface area (Å²) in [6.45, 7) is 3.86. The Morgan fingerprint density at radius 1 is 0.971 bits per heavy atom. The molecule has 8 heteroatoms. The Morgan fingerprint density at radius 3 is 2.18 bits per heavy atom. The topological polar surface area (TPSA) is 86.7 Å². The molecule has 1 heterocycles. The normalized spacial score (nSPS) is 13.7. The van der Waals surface area contributed by atoms with Gasteiger partial charge in [-0.25, -0.2) is 4.79 Å². The predicted octanol–water partition coefficient (Wildman–Crippen LogP) is 5.98. The van der Waals surface area contributed by atoms with E-state index in [-0.39, 0.29) is 34.0 Å². The Kier molecular flexibility index (Phi) is 6.64. The number of carboxylic acids is 1. The fourth-order valence-corrected chi connectivity index (χ4v) is 4.73. The molecule has 0 saturated carbocycles. The van der Waals surface area contributed by atoms with Crippen molar-refractivity contribution in [2.75, 3.05) is 5.32 Å². The number of rotatable bonds is 6. The van der Waals surface area contributed by atoms with Crippen molar-refractivity contribution in [2.45, 2.75) is 26.4 Å². The number of carbonyl (C=O) groups is 3. The molecule has 4 rings (SSSR count). The second-order valence-corrected chi connectivity index (χ2v) is 9.27. The Labute approximate surface area is 207 Å². The van der Waals surface area contributed by atoms with E-state index in [0.717, 1.165) is 16.7 Å². The van der Waals surface area contributed by atoms with Gasteiger partial charge in [0.15, 0.2) is 0 Å². The molecule has 0 aliphatic carbocycles. The molecule has 3 aromatic carbocycles. The highest BCUT2D eigenvalue weighted by atomic mass is 35.5. The summed E-state index contributed by atoms with van der Waals surface area (Å²) in [4.78, 5) is 38.7. The van der Waals surface area contributed by atoms with E-state index in [1.165, 1.54) is 4.90 Å². The minimum atomic E-state index is -1.01. The number of aliphatic carboxylic acids is 1. The second kappa shape index (κ2) is 9.49. The first kappa shape index (κ1) is 23.8. The molecule has 0 spiro atoms. The number of benzene rings is 3. The summed E-state index contributed by atoms with van der Waals surface area (Å²) in [5, 5.41) is 12.9. The molecule has 0 fully saturated rings. The summed E-state index contributed by atoms with van der Waals surface area (Å²) in [5.41, 5.74) is 3.75. The third kappa shape index (κ3) is 4.52. The van der Waals surface area contributed by atoms with Gasteiger partial charge < -0.3 is 15.3 Å². The predicted molar refractivity (Wildman–Crippen MR) is 132 cm³/mol. The molecule has 34 heavy (non-hydrogen) atoms. The van der Waals surface area contributed by atoms with Crippen molar-refractivity contribution >= 4 is 46.7 Å². The van der Waals surface area contributed by atoms with Crippen LogP contribution in [0, 0.1) is 5.92 Å². The molecular weight excluding hydrogens is 475 g/mol. The van der Waals surface area contributed by atoms with Crippen molar-refractivity contribution in [3.05, 3.63) is 87.4 Å². The van der Waals surface area contributed by atoms with E-state index in [9.17, 15) is 19.5 Å². The van der Waals surface area contributed by atoms with Crippen molar-refractivity contribution in [2.24, 2.45) is 5.92 Å². The molecule has 2 amide bonds. The summed E-state index contributed by atoms with van der Waals surface area (Å²) in [5.74, 6) is -1.91. The average Bonchev–Trinajstić information content (AvgIpc) is 3.09. The van der Waals surface area contributed by atoms with E-state index >= 15 is 0 Å². The lowest BCUT2D eigenvalue weighted by atomic mass is 10.00. The zero-order valence-corrected chi connectivity index (χ0v) is 20.0. The van der Waals surface area contributed by atoms with E-state index < -0.39 is 17.9 Å². The molecule has 3 aromatic rings. The third-order valence-corrected chi connectivity index (χ3v) is 6.46. The quantitative estimate of drug-likeness (QED) is 0.439. The molecule has 174 valence electrons. The Hall–Kier alpha value is -3.35. The smallest absolute Gasteiger partial charge is 0.326 e. The number of halogens is 2. The number of hydrogen-bond donors (Lipinski definition) is 2. The van der Waals surface area contributed by atoms with Gasteiger partial charge in [0.2, 0.25) is 0 Å². The summed E-state index contributed by atoms with van der Waals surface area (Å²) in [7, 11) is 0. The van der Waals surface area contributed by atoms with Crippen molar-refractivity contribution in [3.63, 3.8) is 0 Å². The van der Waals surface area contributed by atoms with Gasteiger partial charge in [-0.05, 0) is 52.9 Å². The van der Waals surface area contributed by atoms with Gasteiger partial charge in [-0.2, -0.15) is 0 Å². The molecule has 0 saturated heterocycles. The third-order valence-electron chi connectivity index (χ3n) is 5.83. The van der Waals surface area contributed by atoms with Gasteiger partial charge in [-0.3, -0.25) is 9.59 Å². The van der Waals surface area contributed by atoms with Gasteiger partial charge in [0.1, 0.15) is 6.04 Å². The van der Waals surface area contributed by atoms with Gasteiger partial charge in [0.05, 0.1) is 15.6 Å². The SMILES string of the molecule is CC(C)C(C(=O)O)N1Cc2ccc(-c3ccc(NC(=O)c4c(Cl)cccc4Cl)cc3)cc2C1=O. The van der Waals surface area contributed by atoms with E-state index in [0.29, 0.717) is 11.3 Å². The molecule has 1 aliphatic heterocycles. The number of fused-ring (bicyclic) bond motifs is 1. The Bertz CT molecular complexity index is 1270. The van der Waals surface area contributed by atoms with Gasteiger partial charge in [0, 0.05) is 17.8 Å². The van der Waals surface area contributed by atoms with Crippen molar-refractivity contribution in [1.29, 1.82) is 0 Å². The van der Waals surface area contributed by atoms with Gasteiger partial charge >= 0.3 is 5.97 Å². The van der Waals surface area contributed by atoms with E-state index in [1.807, 2.05) is 24.3 Å².